The van der Waals surface area contributed by atoms with Gasteiger partial charge in [0.05, 0.1) is 6.10 Å². The van der Waals surface area contributed by atoms with Crippen molar-refractivity contribution in [2.45, 2.75) is 110 Å². The third-order valence-corrected chi connectivity index (χ3v) is 8.06. The normalized spacial score (nSPS) is 28.5. The number of likely N-dealkylation sites (tertiary alicyclic amines) is 1. The number of aliphatic hydroxyl groups is 1. The van der Waals surface area contributed by atoms with Crippen LogP contribution >= 0.6 is 0 Å². The highest BCUT2D eigenvalue weighted by atomic mass is 16.6. The minimum atomic E-state index is -2.57. The highest BCUT2D eigenvalue weighted by Crippen LogP contribution is 2.33. The Hall–Kier alpha value is -2.25. The third-order valence-electron chi connectivity index (χ3n) is 8.06. The molecule has 7 heteroatoms. The molecule has 2 saturated heterocycles. The Morgan fingerprint density at radius 3 is 2.46 bits per heavy atom. The molecule has 206 valence electrons. The number of benzene rings is 1. The van der Waals surface area contributed by atoms with Crippen molar-refractivity contribution in [1.82, 2.24) is 4.90 Å². The zero-order chi connectivity index (χ0) is 27.2. The molecule has 37 heavy (non-hydrogen) atoms. The maximum absolute atomic E-state index is 13.7. The van der Waals surface area contributed by atoms with E-state index >= 15 is 0 Å². The molecule has 1 N–H and O–H groups in total. The van der Waals surface area contributed by atoms with E-state index in [4.69, 9.17) is 9.47 Å². The standard InChI is InChI=1S/C30H45NO6/c1-6-23(19-22-13-9-8-10-14-22)26(20(3)4)36-28(33)25-15-11-12-18-31(25)29(34)30(35)27(32)21(5)16-17-24(7-2)37-30/h8-10,13-14,20-21,23-26,35H,6-7,11-12,15-19H2,1-5H3. The Bertz CT molecular complexity index is 918. The summed E-state index contributed by atoms with van der Waals surface area (Å²) >= 11 is 0. The van der Waals surface area contributed by atoms with Crippen molar-refractivity contribution in [2.75, 3.05) is 6.54 Å². The van der Waals surface area contributed by atoms with E-state index in [0.29, 0.717) is 32.1 Å². The first-order chi connectivity index (χ1) is 17.6. The molecule has 6 unspecified atom stereocenters. The summed E-state index contributed by atoms with van der Waals surface area (Å²) in [6, 6.07) is 9.32. The van der Waals surface area contributed by atoms with Crippen LogP contribution in [0.1, 0.15) is 85.1 Å². The van der Waals surface area contributed by atoms with Crippen LogP contribution in [0.2, 0.25) is 0 Å². The molecule has 2 fully saturated rings. The van der Waals surface area contributed by atoms with Gasteiger partial charge in [0.2, 0.25) is 5.78 Å². The predicted molar refractivity (Wildman–Crippen MR) is 142 cm³/mol. The van der Waals surface area contributed by atoms with Crippen LogP contribution < -0.4 is 0 Å². The molecular weight excluding hydrogens is 470 g/mol. The van der Waals surface area contributed by atoms with Gasteiger partial charge in [-0.15, -0.1) is 0 Å². The van der Waals surface area contributed by atoms with E-state index in [2.05, 4.69) is 19.1 Å². The van der Waals surface area contributed by atoms with Gasteiger partial charge in [0.15, 0.2) is 0 Å². The summed E-state index contributed by atoms with van der Waals surface area (Å²) in [5, 5.41) is 11.4. The van der Waals surface area contributed by atoms with Gasteiger partial charge in [0.1, 0.15) is 12.1 Å². The molecule has 0 radical (unpaired) electrons. The van der Waals surface area contributed by atoms with Crippen LogP contribution in [0.25, 0.3) is 0 Å². The van der Waals surface area contributed by atoms with Gasteiger partial charge in [-0.25, -0.2) is 4.79 Å². The Morgan fingerprint density at radius 1 is 1.14 bits per heavy atom. The second kappa shape index (κ2) is 13.0. The van der Waals surface area contributed by atoms with Crippen molar-refractivity contribution in [3.05, 3.63) is 35.9 Å². The van der Waals surface area contributed by atoms with Crippen LogP contribution in [-0.4, -0.2) is 58.2 Å². The molecule has 6 atom stereocenters. The van der Waals surface area contributed by atoms with E-state index in [1.807, 2.05) is 39.0 Å². The van der Waals surface area contributed by atoms with E-state index < -0.39 is 41.5 Å². The van der Waals surface area contributed by atoms with Crippen molar-refractivity contribution in [3.8, 4) is 0 Å². The number of hydrogen-bond acceptors (Lipinski definition) is 6. The largest absolute Gasteiger partial charge is 0.460 e. The van der Waals surface area contributed by atoms with Gasteiger partial charge < -0.3 is 19.5 Å². The number of rotatable bonds is 9. The van der Waals surface area contributed by atoms with Gasteiger partial charge in [0.25, 0.3) is 5.91 Å². The van der Waals surface area contributed by atoms with Crippen LogP contribution in [0.4, 0.5) is 0 Å². The molecule has 3 rings (SSSR count). The number of carbonyl (C=O) groups excluding carboxylic acids is 3. The molecule has 0 aromatic heterocycles. The number of amides is 1. The third kappa shape index (κ3) is 6.80. The quantitative estimate of drug-likeness (QED) is 0.379. The molecular formula is C30H45NO6. The number of hydrogen-bond donors (Lipinski definition) is 1. The summed E-state index contributed by atoms with van der Waals surface area (Å²) in [5.41, 5.74) is 1.19. The second-order valence-electron chi connectivity index (χ2n) is 11.1. The minimum Gasteiger partial charge on any atom is -0.460 e. The number of ketones is 1. The number of ether oxygens (including phenoxy) is 2. The maximum Gasteiger partial charge on any atom is 0.329 e. The van der Waals surface area contributed by atoms with Crippen LogP contribution in [0.15, 0.2) is 30.3 Å². The first-order valence-corrected chi connectivity index (χ1v) is 14.1. The fourth-order valence-corrected chi connectivity index (χ4v) is 5.72. The van der Waals surface area contributed by atoms with Gasteiger partial charge in [-0.2, -0.15) is 0 Å². The zero-order valence-electron chi connectivity index (χ0n) is 23.2. The van der Waals surface area contributed by atoms with Crippen LogP contribution in [0.5, 0.6) is 0 Å². The van der Waals surface area contributed by atoms with Crippen LogP contribution in [0, 0.1) is 17.8 Å². The maximum atomic E-state index is 13.7. The van der Waals surface area contributed by atoms with Gasteiger partial charge in [-0.05, 0) is 68.8 Å². The molecule has 1 aromatic rings. The number of esters is 1. The number of piperidine rings is 1. The van der Waals surface area contributed by atoms with E-state index in [1.54, 1.807) is 6.92 Å². The minimum absolute atomic E-state index is 0.0902. The Morgan fingerprint density at radius 2 is 1.84 bits per heavy atom. The summed E-state index contributed by atoms with van der Waals surface area (Å²) in [5.74, 6) is -4.78. The molecule has 1 amide bonds. The summed E-state index contributed by atoms with van der Waals surface area (Å²) in [6.45, 7) is 10.1. The number of carbonyl (C=O) groups is 3. The van der Waals surface area contributed by atoms with Crippen molar-refractivity contribution in [2.24, 2.45) is 17.8 Å². The highest BCUT2D eigenvalue weighted by Gasteiger charge is 2.54. The van der Waals surface area contributed by atoms with Crippen molar-refractivity contribution < 1.29 is 29.0 Å². The zero-order valence-corrected chi connectivity index (χ0v) is 23.2. The van der Waals surface area contributed by atoms with E-state index in [1.165, 1.54) is 10.5 Å². The van der Waals surface area contributed by atoms with Gasteiger partial charge in [-0.1, -0.05) is 65.0 Å². The lowest BCUT2D eigenvalue weighted by atomic mass is 9.86. The number of Topliss-reactive ketones (excluding diaryl/α,β-unsaturated/α-hetero) is 1. The summed E-state index contributed by atoms with van der Waals surface area (Å²) in [7, 11) is 0. The first-order valence-electron chi connectivity index (χ1n) is 14.1. The van der Waals surface area contributed by atoms with Gasteiger partial charge in [-0.3, -0.25) is 9.59 Å². The lowest BCUT2D eigenvalue weighted by molar-refractivity contribution is -0.229. The molecule has 0 spiro atoms. The Labute approximate surface area is 221 Å². The fourth-order valence-electron chi connectivity index (χ4n) is 5.72. The SMILES string of the molecule is CCC1CCC(C)C(=O)C(O)(C(=O)N2CCCCC2C(=O)OC(C(C)C)C(CC)Cc2ccccc2)O1. The van der Waals surface area contributed by atoms with Crippen molar-refractivity contribution in [3.63, 3.8) is 0 Å². The average molecular weight is 516 g/mol. The molecule has 1 aromatic carbocycles. The van der Waals surface area contributed by atoms with Gasteiger partial charge in [0, 0.05) is 12.5 Å². The molecule has 7 nitrogen and oxygen atoms in total. The average Bonchev–Trinajstić information content (AvgIpc) is 3.02. The molecule has 2 aliphatic heterocycles. The van der Waals surface area contributed by atoms with Crippen LogP contribution in [-0.2, 0) is 30.3 Å². The van der Waals surface area contributed by atoms with Gasteiger partial charge >= 0.3 is 11.8 Å². The molecule has 0 aliphatic carbocycles. The number of nitrogens with zero attached hydrogens (tertiary/aromatic N) is 1. The smallest absolute Gasteiger partial charge is 0.329 e. The second-order valence-corrected chi connectivity index (χ2v) is 11.1. The summed E-state index contributed by atoms with van der Waals surface area (Å²) in [6.07, 6.45) is 4.53. The first kappa shape index (κ1) is 29.3. The lowest BCUT2D eigenvalue weighted by Crippen LogP contribution is -2.62. The Balaban J connectivity index is 1.81. The molecule has 0 bridgehead atoms. The predicted octanol–water partition coefficient (Wildman–Crippen LogP) is 4.69. The highest BCUT2D eigenvalue weighted by molar-refractivity contribution is 6.09. The van der Waals surface area contributed by atoms with Crippen molar-refractivity contribution in [1.29, 1.82) is 0 Å². The molecule has 2 aliphatic rings. The van der Waals surface area contributed by atoms with Crippen LogP contribution in [0.3, 0.4) is 0 Å². The lowest BCUT2D eigenvalue weighted by Gasteiger charge is -2.40. The monoisotopic (exact) mass is 515 g/mol. The summed E-state index contributed by atoms with van der Waals surface area (Å²) in [4.78, 5) is 41.8. The molecule has 0 saturated carbocycles. The van der Waals surface area contributed by atoms with E-state index in [9.17, 15) is 19.5 Å². The van der Waals surface area contributed by atoms with Crippen molar-refractivity contribution >= 4 is 17.7 Å². The van der Waals surface area contributed by atoms with E-state index in [0.717, 1.165) is 19.3 Å². The topological polar surface area (TPSA) is 93.1 Å². The van der Waals surface area contributed by atoms with E-state index in [-0.39, 0.29) is 24.5 Å². The Kier molecular flexibility index (Phi) is 10.3. The fraction of sp³-hybridized carbons (Fsp3) is 0.700. The molecule has 2 heterocycles. The summed E-state index contributed by atoms with van der Waals surface area (Å²) < 4.78 is 11.9.